The van der Waals surface area contributed by atoms with Crippen LogP contribution in [0.15, 0.2) is 54.6 Å². The van der Waals surface area contributed by atoms with Gasteiger partial charge in [0.1, 0.15) is 5.75 Å². The summed E-state index contributed by atoms with van der Waals surface area (Å²) in [4.78, 5) is 22.3. The molecule has 0 atom stereocenters. The van der Waals surface area contributed by atoms with Gasteiger partial charge in [-0.25, -0.2) is 4.79 Å². The van der Waals surface area contributed by atoms with Crippen LogP contribution in [0.2, 0.25) is 0 Å². The minimum absolute atomic E-state index is 0.0786. The highest BCUT2D eigenvalue weighted by atomic mass is 32.2. The predicted octanol–water partition coefficient (Wildman–Crippen LogP) is 3.02. The van der Waals surface area contributed by atoms with Gasteiger partial charge in [0.05, 0.1) is 5.75 Å². The van der Waals surface area contributed by atoms with Crippen molar-refractivity contribution in [1.82, 2.24) is 0 Å². The van der Waals surface area contributed by atoms with Crippen molar-refractivity contribution in [2.24, 2.45) is 0 Å². The number of hydrogen-bond donors (Lipinski definition) is 2. The van der Waals surface area contributed by atoms with Crippen molar-refractivity contribution in [3.8, 4) is 5.75 Å². The number of ether oxygens (including phenoxy) is 1. The second-order valence-corrected chi connectivity index (χ2v) is 5.72. The van der Waals surface area contributed by atoms with Crippen LogP contribution in [0.4, 0.5) is 5.69 Å². The Morgan fingerprint density at radius 2 is 1.74 bits per heavy atom. The number of nitrogens with one attached hydrogen (secondary N) is 1. The van der Waals surface area contributed by atoms with E-state index in [2.05, 4.69) is 5.32 Å². The van der Waals surface area contributed by atoms with Gasteiger partial charge in [-0.15, -0.1) is 11.8 Å². The van der Waals surface area contributed by atoms with Crippen molar-refractivity contribution in [2.75, 3.05) is 17.7 Å². The van der Waals surface area contributed by atoms with Gasteiger partial charge in [-0.2, -0.15) is 0 Å². The Balaban J connectivity index is 1.73. The molecule has 0 bridgehead atoms. The van der Waals surface area contributed by atoms with Crippen LogP contribution in [-0.2, 0) is 15.3 Å². The van der Waals surface area contributed by atoms with Gasteiger partial charge >= 0.3 is 5.97 Å². The fraction of sp³-hybridized carbons (Fsp3) is 0.176. The average molecular weight is 331 g/mol. The Bertz CT molecular complexity index is 643. The van der Waals surface area contributed by atoms with Gasteiger partial charge in [0.2, 0.25) is 5.91 Å². The summed E-state index contributed by atoms with van der Waals surface area (Å²) in [6, 6.07) is 16.6. The summed E-state index contributed by atoms with van der Waals surface area (Å²) in [6.45, 7) is -0.387. The second kappa shape index (κ2) is 8.85. The summed E-state index contributed by atoms with van der Waals surface area (Å²) in [5, 5.41) is 11.3. The molecule has 6 heteroatoms. The van der Waals surface area contributed by atoms with E-state index >= 15 is 0 Å². The lowest BCUT2D eigenvalue weighted by molar-refractivity contribution is -0.139. The molecule has 2 aromatic carbocycles. The molecule has 5 nitrogen and oxygen atoms in total. The molecule has 0 aliphatic rings. The van der Waals surface area contributed by atoms with Gasteiger partial charge in [-0.1, -0.05) is 30.3 Å². The Morgan fingerprint density at radius 3 is 2.39 bits per heavy atom. The fourth-order valence-electron chi connectivity index (χ4n) is 1.81. The van der Waals surface area contributed by atoms with E-state index in [9.17, 15) is 9.59 Å². The van der Waals surface area contributed by atoms with Gasteiger partial charge in [-0.3, -0.25) is 4.79 Å². The molecular weight excluding hydrogens is 314 g/mol. The van der Waals surface area contributed by atoms with Gasteiger partial charge in [-0.05, 0) is 29.8 Å². The molecular formula is C17H17NO4S. The maximum absolute atomic E-state index is 11.9. The average Bonchev–Trinajstić information content (AvgIpc) is 2.55. The van der Waals surface area contributed by atoms with E-state index in [4.69, 9.17) is 9.84 Å². The largest absolute Gasteiger partial charge is 0.482 e. The molecule has 0 spiro atoms. The third-order valence-electron chi connectivity index (χ3n) is 2.85. The second-order valence-electron chi connectivity index (χ2n) is 4.73. The normalized spacial score (nSPS) is 10.1. The molecule has 2 N–H and O–H groups in total. The van der Waals surface area contributed by atoms with Crippen LogP contribution in [0.1, 0.15) is 5.56 Å². The van der Waals surface area contributed by atoms with Crippen LogP contribution in [0.5, 0.6) is 5.75 Å². The number of carboxylic acids is 1. The first-order valence-electron chi connectivity index (χ1n) is 6.99. The molecule has 23 heavy (non-hydrogen) atoms. The van der Waals surface area contributed by atoms with Crippen molar-refractivity contribution in [2.45, 2.75) is 5.75 Å². The zero-order chi connectivity index (χ0) is 16.5. The third kappa shape index (κ3) is 6.44. The fourth-order valence-corrected chi connectivity index (χ4v) is 2.60. The number of amides is 1. The first kappa shape index (κ1) is 16.9. The zero-order valence-electron chi connectivity index (χ0n) is 12.4. The lowest BCUT2D eigenvalue weighted by atomic mass is 10.2. The molecule has 2 aromatic rings. The maximum atomic E-state index is 11.9. The van der Waals surface area contributed by atoms with E-state index in [1.54, 1.807) is 36.0 Å². The molecule has 0 radical (unpaired) electrons. The van der Waals surface area contributed by atoms with E-state index < -0.39 is 5.97 Å². The van der Waals surface area contributed by atoms with Crippen LogP contribution in [-0.4, -0.2) is 29.3 Å². The highest BCUT2D eigenvalue weighted by Crippen LogP contribution is 2.17. The van der Waals surface area contributed by atoms with Crippen LogP contribution in [0, 0.1) is 0 Å². The Hall–Kier alpha value is -2.47. The van der Waals surface area contributed by atoms with Crippen LogP contribution < -0.4 is 10.1 Å². The standard InChI is InChI=1S/C17H17NO4S/c19-16(12-23-11-13-4-2-1-3-5-13)18-14-6-8-15(9-7-14)22-10-17(20)21/h1-9H,10-12H2,(H,18,19)(H,20,21). The molecule has 120 valence electrons. The summed E-state index contributed by atoms with van der Waals surface area (Å²) in [5.41, 5.74) is 1.84. The molecule has 0 saturated carbocycles. The highest BCUT2D eigenvalue weighted by Gasteiger charge is 2.04. The first-order chi connectivity index (χ1) is 11.1. The number of carbonyl (C=O) groups is 2. The van der Waals surface area contributed by atoms with Crippen molar-refractivity contribution in [1.29, 1.82) is 0 Å². The van der Waals surface area contributed by atoms with Gasteiger partial charge in [0.15, 0.2) is 6.61 Å². The van der Waals surface area contributed by atoms with Crippen molar-refractivity contribution >= 4 is 29.3 Å². The lowest BCUT2D eigenvalue weighted by Gasteiger charge is -2.07. The number of rotatable bonds is 8. The van der Waals surface area contributed by atoms with Crippen LogP contribution >= 0.6 is 11.8 Å². The number of hydrogen-bond acceptors (Lipinski definition) is 4. The molecule has 0 fully saturated rings. The molecule has 0 aliphatic heterocycles. The molecule has 2 rings (SSSR count). The van der Waals surface area contributed by atoms with E-state index in [0.29, 0.717) is 17.2 Å². The van der Waals surface area contributed by atoms with E-state index in [1.165, 1.54) is 5.56 Å². The molecule has 0 heterocycles. The van der Waals surface area contributed by atoms with Crippen molar-refractivity contribution < 1.29 is 19.4 Å². The summed E-state index contributed by atoms with van der Waals surface area (Å²) in [6.07, 6.45) is 0. The molecule has 0 saturated heterocycles. The Kier molecular flexibility index (Phi) is 6.50. The monoisotopic (exact) mass is 331 g/mol. The number of carboxylic acid groups (broad SMARTS) is 1. The predicted molar refractivity (Wildman–Crippen MR) is 90.8 cm³/mol. The molecule has 0 unspecified atom stereocenters. The molecule has 0 aromatic heterocycles. The quantitative estimate of drug-likeness (QED) is 0.777. The zero-order valence-corrected chi connectivity index (χ0v) is 13.2. The Morgan fingerprint density at radius 1 is 1.04 bits per heavy atom. The number of aliphatic carboxylic acids is 1. The number of anilines is 1. The lowest BCUT2D eigenvalue weighted by Crippen LogP contribution is -2.14. The van der Waals surface area contributed by atoms with Crippen molar-refractivity contribution in [3.05, 3.63) is 60.2 Å². The Labute approximate surface area is 138 Å². The summed E-state index contributed by atoms with van der Waals surface area (Å²) in [7, 11) is 0. The SMILES string of the molecule is O=C(O)COc1ccc(NC(=O)CSCc2ccccc2)cc1. The summed E-state index contributed by atoms with van der Waals surface area (Å²) < 4.78 is 5.02. The summed E-state index contributed by atoms with van der Waals surface area (Å²) in [5.74, 6) is 0.495. The van der Waals surface area contributed by atoms with E-state index in [-0.39, 0.29) is 12.5 Å². The number of thioether (sulfide) groups is 1. The number of benzene rings is 2. The van der Waals surface area contributed by atoms with Gasteiger partial charge in [0, 0.05) is 11.4 Å². The smallest absolute Gasteiger partial charge is 0.341 e. The third-order valence-corrected chi connectivity index (χ3v) is 3.85. The minimum atomic E-state index is -1.03. The first-order valence-corrected chi connectivity index (χ1v) is 8.15. The maximum Gasteiger partial charge on any atom is 0.341 e. The molecule has 0 aliphatic carbocycles. The minimum Gasteiger partial charge on any atom is -0.482 e. The van der Waals surface area contributed by atoms with Gasteiger partial charge < -0.3 is 15.2 Å². The molecule has 1 amide bonds. The van der Waals surface area contributed by atoms with Crippen LogP contribution in [0.3, 0.4) is 0 Å². The van der Waals surface area contributed by atoms with Gasteiger partial charge in [0.25, 0.3) is 0 Å². The van der Waals surface area contributed by atoms with Crippen molar-refractivity contribution in [3.63, 3.8) is 0 Å². The van der Waals surface area contributed by atoms with E-state index in [0.717, 1.165) is 5.75 Å². The topological polar surface area (TPSA) is 75.6 Å². The highest BCUT2D eigenvalue weighted by molar-refractivity contribution is 7.99. The summed E-state index contributed by atoms with van der Waals surface area (Å²) >= 11 is 1.55. The van der Waals surface area contributed by atoms with Crippen LogP contribution in [0.25, 0.3) is 0 Å². The number of carbonyl (C=O) groups excluding carboxylic acids is 1. The van der Waals surface area contributed by atoms with E-state index in [1.807, 2.05) is 30.3 Å².